The van der Waals surface area contributed by atoms with E-state index in [1.165, 1.54) is 17.4 Å². The third-order valence-electron chi connectivity index (χ3n) is 4.68. The van der Waals surface area contributed by atoms with E-state index < -0.39 is 0 Å². The molecule has 27 heavy (non-hydrogen) atoms. The van der Waals surface area contributed by atoms with Gasteiger partial charge in [0.15, 0.2) is 5.65 Å². The Hall–Kier alpha value is -2.51. The zero-order valence-electron chi connectivity index (χ0n) is 14.2. The Morgan fingerprint density at radius 2 is 2.19 bits per heavy atom. The Morgan fingerprint density at radius 3 is 2.93 bits per heavy atom. The number of halogens is 2. The molecule has 0 atom stereocenters. The van der Waals surface area contributed by atoms with Gasteiger partial charge in [0, 0.05) is 40.9 Å². The Bertz CT molecular complexity index is 1120. The molecular weight excluding hydrogens is 385 g/mol. The average molecular weight is 400 g/mol. The summed E-state index contributed by atoms with van der Waals surface area (Å²) in [5.41, 5.74) is 3.24. The number of aromatic nitrogens is 4. The molecule has 0 unspecified atom stereocenters. The summed E-state index contributed by atoms with van der Waals surface area (Å²) in [7, 11) is 0. The van der Waals surface area contributed by atoms with Crippen molar-refractivity contribution >= 4 is 34.4 Å². The van der Waals surface area contributed by atoms with Crippen LogP contribution in [-0.4, -0.2) is 19.6 Å². The van der Waals surface area contributed by atoms with Crippen molar-refractivity contribution < 1.29 is 4.39 Å². The number of nitrogens with zero attached hydrogens (tertiary/aromatic N) is 4. The smallest absolute Gasteiger partial charge is 0.162 e. The second-order valence-corrected chi connectivity index (χ2v) is 7.85. The molecule has 136 valence electrons. The fraction of sp³-hybridized carbons (Fsp3) is 0.211. The summed E-state index contributed by atoms with van der Waals surface area (Å²) in [4.78, 5) is 8.64. The maximum Gasteiger partial charge on any atom is 0.162 e. The van der Waals surface area contributed by atoms with Gasteiger partial charge in [-0.15, -0.1) is 11.3 Å². The minimum Gasteiger partial charge on any atom is -0.366 e. The number of hydrogen-bond donors (Lipinski definition) is 1. The van der Waals surface area contributed by atoms with Crippen molar-refractivity contribution in [2.75, 3.05) is 5.32 Å². The van der Waals surface area contributed by atoms with Gasteiger partial charge in [0.05, 0.1) is 6.20 Å². The van der Waals surface area contributed by atoms with Gasteiger partial charge in [-0.3, -0.25) is 0 Å². The van der Waals surface area contributed by atoms with Gasteiger partial charge in [-0.25, -0.2) is 14.4 Å². The fourth-order valence-corrected chi connectivity index (χ4v) is 3.95. The van der Waals surface area contributed by atoms with Crippen LogP contribution in [0.3, 0.4) is 0 Å². The molecule has 1 aliphatic rings. The summed E-state index contributed by atoms with van der Waals surface area (Å²) in [6.45, 7) is 0.318. The van der Waals surface area contributed by atoms with Gasteiger partial charge in [-0.1, -0.05) is 23.7 Å². The summed E-state index contributed by atoms with van der Waals surface area (Å²) in [6, 6.07) is 6.88. The highest BCUT2D eigenvalue weighted by Gasteiger charge is 2.28. The lowest BCUT2D eigenvalue weighted by atomic mass is 10.1. The van der Waals surface area contributed by atoms with E-state index in [0.29, 0.717) is 29.0 Å². The van der Waals surface area contributed by atoms with Crippen LogP contribution in [0.5, 0.6) is 0 Å². The molecule has 0 radical (unpaired) electrons. The number of fused-ring (bicyclic) bond motifs is 1. The molecule has 4 aromatic rings. The number of hydrogen-bond acceptors (Lipinski definition) is 5. The molecule has 1 aliphatic carbocycles. The van der Waals surface area contributed by atoms with Crippen molar-refractivity contribution in [3.8, 4) is 10.6 Å². The van der Waals surface area contributed by atoms with Gasteiger partial charge >= 0.3 is 0 Å². The van der Waals surface area contributed by atoms with Gasteiger partial charge in [-0.05, 0) is 24.8 Å². The molecule has 1 aromatic carbocycles. The van der Waals surface area contributed by atoms with Crippen molar-refractivity contribution in [3.63, 3.8) is 0 Å². The number of thiazole rings is 1. The minimum atomic E-state index is -0.272. The van der Waals surface area contributed by atoms with E-state index >= 15 is 0 Å². The number of benzene rings is 1. The first-order valence-electron chi connectivity index (χ1n) is 8.65. The molecule has 0 amide bonds. The summed E-state index contributed by atoms with van der Waals surface area (Å²) < 4.78 is 16.3. The number of rotatable bonds is 5. The molecule has 3 aromatic heterocycles. The fourth-order valence-electron chi connectivity index (χ4n) is 3.13. The van der Waals surface area contributed by atoms with E-state index in [9.17, 15) is 4.39 Å². The zero-order chi connectivity index (χ0) is 18.4. The SMILES string of the molecule is Fc1cc(-c2nccs2)ccc1CNc1cc(Cl)nc2c(C3CC3)cnn12. The lowest BCUT2D eigenvalue weighted by molar-refractivity contribution is 0.613. The Morgan fingerprint density at radius 1 is 1.30 bits per heavy atom. The van der Waals surface area contributed by atoms with E-state index in [1.807, 2.05) is 17.6 Å². The average Bonchev–Trinajstić information content (AvgIpc) is 3.18. The van der Waals surface area contributed by atoms with E-state index in [0.717, 1.165) is 34.6 Å². The molecule has 5 rings (SSSR count). The van der Waals surface area contributed by atoms with Crippen LogP contribution in [0, 0.1) is 5.82 Å². The van der Waals surface area contributed by atoms with Crippen LogP contribution in [-0.2, 0) is 6.54 Å². The Balaban J connectivity index is 1.41. The molecule has 0 bridgehead atoms. The van der Waals surface area contributed by atoms with Crippen LogP contribution >= 0.6 is 22.9 Å². The quantitative estimate of drug-likeness (QED) is 0.472. The summed E-state index contributed by atoms with van der Waals surface area (Å²) >= 11 is 7.68. The van der Waals surface area contributed by atoms with Crippen LogP contribution in [0.2, 0.25) is 5.15 Å². The molecule has 3 heterocycles. The predicted octanol–water partition coefficient (Wildman–Crippen LogP) is 5.13. The minimum absolute atomic E-state index is 0.272. The van der Waals surface area contributed by atoms with Gasteiger partial charge in [0.2, 0.25) is 0 Å². The first-order chi connectivity index (χ1) is 13.2. The van der Waals surface area contributed by atoms with Gasteiger partial charge in [-0.2, -0.15) is 9.61 Å². The second-order valence-electron chi connectivity index (χ2n) is 6.57. The molecule has 1 saturated carbocycles. The predicted molar refractivity (Wildman–Crippen MR) is 105 cm³/mol. The van der Waals surface area contributed by atoms with Gasteiger partial charge < -0.3 is 5.32 Å². The third kappa shape index (κ3) is 3.17. The van der Waals surface area contributed by atoms with Gasteiger partial charge in [0.1, 0.15) is 21.8 Å². The van der Waals surface area contributed by atoms with E-state index in [1.54, 1.807) is 22.8 Å². The van der Waals surface area contributed by atoms with Crippen LogP contribution in [0.15, 0.2) is 42.0 Å². The monoisotopic (exact) mass is 399 g/mol. The van der Waals surface area contributed by atoms with Crippen LogP contribution < -0.4 is 5.32 Å². The molecule has 0 saturated heterocycles. The van der Waals surface area contributed by atoms with E-state index in [2.05, 4.69) is 20.4 Å². The first kappa shape index (κ1) is 16.6. The van der Waals surface area contributed by atoms with E-state index in [-0.39, 0.29) is 5.82 Å². The molecule has 1 fully saturated rings. The van der Waals surface area contributed by atoms with Crippen molar-refractivity contribution in [3.05, 3.63) is 64.1 Å². The Kier molecular flexibility index (Phi) is 4.06. The lowest BCUT2D eigenvalue weighted by Crippen LogP contribution is -2.07. The maximum absolute atomic E-state index is 14.5. The second kappa shape index (κ2) is 6.58. The highest BCUT2D eigenvalue weighted by atomic mass is 35.5. The molecular formula is C19H15ClFN5S. The Labute approximate surface area is 163 Å². The van der Waals surface area contributed by atoms with Crippen LogP contribution in [0.4, 0.5) is 10.2 Å². The molecule has 8 heteroatoms. The molecule has 0 spiro atoms. The zero-order valence-corrected chi connectivity index (χ0v) is 15.8. The highest BCUT2D eigenvalue weighted by Crippen LogP contribution is 2.42. The van der Waals surface area contributed by atoms with Gasteiger partial charge in [0.25, 0.3) is 0 Å². The maximum atomic E-state index is 14.5. The van der Waals surface area contributed by atoms with Crippen molar-refractivity contribution in [1.82, 2.24) is 19.6 Å². The molecule has 0 aliphatic heterocycles. The van der Waals surface area contributed by atoms with Crippen molar-refractivity contribution in [2.24, 2.45) is 0 Å². The summed E-state index contributed by atoms with van der Waals surface area (Å²) in [5, 5.41) is 10.7. The summed E-state index contributed by atoms with van der Waals surface area (Å²) in [6.07, 6.45) is 5.89. The first-order valence-corrected chi connectivity index (χ1v) is 9.91. The van der Waals surface area contributed by atoms with Crippen molar-refractivity contribution in [1.29, 1.82) is 0 Å². The number of anilines is 1. The third-order valence-corrected chi connectivity index (χ3v) is 5.69. The van der Waals surface area contributed by atoms with Crippen LogP contribution in [0.25, 0.3) is 16.2 Å². The van der Waals surface area contributed by atoms with Crippen molar-refractivity contribution in [2.45, 2.75) is 25.3 Å². The largest absolute Gasteiger partial charge is 0.366 e. The molecule has 5 nitrogen and oxygen atoms in total. The summed E-state index contributed by atoms with van der Waals surface area (Å²) in [5.74, 6) is 0.947. The molecule has 1 N–H and O–H groups in total. The number of nitrogens with one attached hydrogen (secondary N) is 1. The van der Waals surface area contributed by atoms with Crippen LogP contribution in [0.1, 0.15) is 29.9 Å². The standard InChI is InChI=1S/C19H15ClFN5S/c20-16-8-17(26-18(25-16)14(10-24-26)11-1-2-11)23-9-13-4-3-12(7-15(13)21)19-22-5-6-27-19/h3-8,10-11,23H,1-2,9H2. The topological polar surface area (TPSA) is 55.1 Å². The lowest BCUT2D eigenvalue weighted by Gasteiger charge is -2.10. The highest BCUT2D eigenvalue weighted by molar-refractivity contribution is 7.13. The normalized spacial score (nSPS) is 14.0. The van der Waals surface area contributed by atoms with E-state index in [4.69, 9.17) is 11.6 Å².